The van der Waals surface area contributed by atoms with Crippen LogP contribution in [-0.4, -0.2) is 21.8 Å². The van der Waals surface area contributed by atoms with Crippen molar-refractivity contribution in [2.75, 3.05) is 0 Å². The minimum Gasteiger partial charge on any atom is -0.348 e. The van der Waals surface area contributed by atoms with Gasteiger partial charge in [-0.05, 0) is 27.8 Å². The summed E-state index contributed by atoms with van der Waals surface area (Å²) in [5.41, 5.74) is 12.5. The van der Waals surface area contributed by atoms with Gasteiger partial charge in [0.15, 0.2) is 5.78 Å². The molecule has 0 bridgehead atoms. The first kappa shape index (κ1) is 20.5. The van der Waals surface area contributed by atoms with E-state index < -0.39 is 6.04 Å². The number of imidazole rings is 1. The van der Waals surface area contributed by atoms with Crippen LogP contribution in [0.4, 0.5) is 0 Å². The van der Waals surface area contributed by atoms with Gasteiger partial charge in [0.05, 0.1) is 12.4 Å². The number of carbonyl (C=O) groups is 1. The van der Waals surface area contributed by atoms with Gasteiger partial charge in [0.25, 0.3) is 0 Å². The fraction of sp³-hybridized carbons (Fsp3) is 0.111. The van der Waals surface area contributed by atoms with Gasteiger partial charge in [0.1, 0.15) is 0 Å². The van der Waals surface area contributed by atoms with Gasteiger partial charge in [-0.15, -0.1) is 0 Å². The number of hydrogen-bond donors (Lipinski definition) is 2. The van der Waals surface area contributed by atoms with E-state index >= 15 is 0 Å². The Balaban J connectivity index is 1.33. The van der Waals surface area contributed by atoms with E-state index in [0.29, 0.717) is 12.8 Å². The highest BCUT2D eigenvalue weighted by Gasteiger charge is 2.15. The minimum atomic E-state index is -0.529. The number of carbonyl (C=O) groups excluding carboxylic acids is 1. The van der Waals surface area contributed by atoms with E-state index in [1.807, 2.05) is 42.5 Å². The summed E-state index contributed by atoms with van der Waals surface area (Å²) in [5.74, 6) is 0.0244. The van der Waals surface area contributed by atoms with Crippen molar-refractivity contribution in [2.24, 2.45) is 5.73 Å². The Labute approximate surface area is 182 Å². The zero-order valence-corrected chi connectivity index (χ0v) is 17.2. The monoisotopic (exact) mass is 407 g/mol. The smallest absolute Gasteiger partial charge is 0.154 e. The molecular formula is C27H25N3O. The van der Waals surface area contributed by atoms with Crippen LogP contribution in [-0.2, 0) is 17.6 Å². The van der Waals surface area contributed by atoms with Gasteiger partial charge in [0, 0.05) is 24.7 Å². The van der Waals surface area contributed by atoms with Crippen LogP contribution in [0.2, 0.25) is 0 Å². The Morgan fingerprint density at radius 3 is 2.10 bits per heavy atom. The van der Waals surface area contributed by atoms with Gasteiger partial charge >= 0.3 is 0 Å². The summed E-state index contributed by atoms with van der Waals surface area (Å²) >= 11 is 0. The summed E-state index contributed by atoms with van der Waals surface area (Å²) in [6.45, 7) is 0. The molecule has 4 aromatic rings. The van der Waals surface area contributed by atoms with E-state index in [2.05, 4.69) is 58.5 Å². The number of hydrogen-bond acceptors (Lipinski definition) is 3. The summed E-state index contributed by atoms with van der Waals surface area (Å²) < 4.78 is 0. The maximum atomic E-state index is 12.4. The molecule has 0 saturated heterocycles. The van der Waals surface area contributed by atoms with E-state index in [0.717, 1.165) is 22.4 Å². The largest absolute Gasteiger partial charge is 0.348 e. The molecule has 0 fully saturated rings. The lowest BCUT2D eigenvalue weighted by atomic mass is 10.00. The number of H-pyrrole nitrogens is 1. The number of Topliss-reactive ketones (excluding diaryl/α,β-unsaturated/α-hetero) is 1. The van der Waals surface area contributed by atoms with E-state index in [1.54, 1.807) is 12.5 Å². The average Bonchev–Trinajstić information content (AvgIpc) is 3.32. The first-order chi connectivity index (χ1) is 15.2. The third kappa shape index (κ3) is 5.65. The van der Waals surface area contributed by atoms with Crippen molar-refractivity contribution in [3.8, 4) is 11.1 Å². The summed E-state index contributed by atoms with van der Waals surface area (Å²) in [6.07, 6.45) is 8.27. The topological polar surface area (TPSA) is 71.8 Å². The van der Waals surface area contributed by atoms with Crippen molar-refractivity contribution < 1.29 is 4.79 Å². The van der Waals surface area contributed by atoms with Gasteiger partial charge in [0.2, 0.25) is 0 Å². The number of ketones is 1. The first-order valence-corrected chi connectivity index (χ1v) is 10.4. The van der Waals surface area contributed by atoms with Crippen molar-refractivity contribution in [2.45, 2.75) is 18.9 Å². The molecule has 0 saturated carbocycles. The van der Waals surface area contributed by atoms with Crippen LogP contribution in [0.25, 0.3) is 23.3 Å². The predicted molar refractivity (Wildman–Crippen MR) is 126 cm³/mol. The maximum Gasteiger partial charge on any atom is 0.154 e. The molecule has 31 heavy (non-hydrogen) atoms. The Morgan fingerprint density at radius 1 is 0.871 bits per heavy atom. The molecule has 0 spiro atoms. The van der Waals surface area contributed by atoms with Crippen molar-refractivity contribution >= 4 is 17.9 Å². The second kappa shape index (κ2) is 9.83. The maximum absolute atomic E-state index is 12.4. The SMILES string of the molecule is NC(Cc1cnc[nH]1)C(=O)Cc1ccc(/C=C/c2ccc(-c3ccccc3)cc2)cc1. The normalized spacial score (nSPS) is 12.2. The van der Waals surface area contributed by atoms with E-state index in [9.17, 15) is 4.79 Å². The number of rotatable bonds is 8. The number of aromatic amines is 1. The molecule has 4 rings (SSSR count). The second-order valence-electron chi connectivity index (χ2n) is 7.59. The average molecular weight is 408 g/mol. The zero-order chi connectivity index (χ0) is 21.5. The van der Waals surface area contributed by atoms with Gasteiger partial charge in [-0.1, -0.05) is 91.0 Å². The summed E-state index contributed by atoms with van der Waals surface area (Å²) in [6, 6.07) is 26.3. The highest BCUT2D eigenvalue weighted by atomic mass is 16.1. The Kier molecular flexibility index (Phi) is 6.50. The van der Waals surface area contributed by atoms with Crippen molar-refractivity contribution in [3.63, 3.8) is 0 Å². The predicted octanol–water partition coefficient (Wildman–Crippen LogP) is 4.93. The van der Waals surface area contributed by atoms with Gasteiger partial charge in [-0.25, -0.2) is 4.98 Å². The lowest BCUT2D eigenvalue weighted by molar-refractivity contribution is -0.119. The van der Waals surface area contributed by atoms with Crippen LogP contribution < -0.4 is 5.73 Å². The van der Waals surface area contributed by atoms with Crippen LogP contribution in [0.1, 0.15) is 22.4 Å². The number of nitrogens with two attached hydrogens (primary N) is 1. The standard InChI is InChI=1S/C27H25N3O/c28-26(17-25-18-29-19-30-25)27(31)16-22-10-8-20(9-11-22)6-7-21-12-14-24(15-13-21)23-4-2-1-3-5-23/h1-15,18-19,26H,16-17,28H2,(H,29,30)/b7-6+. The molecule has 4 heteroatoms. The number of benzene rings is 3. The molecular weight excluding hydrogens is 382 g/mol. The van der Waals surface area contributed by atoms with Crippen LogP contribution in [0.15, 0.2) is 91.4 Å². The first-order valence-electron chi connectivity index (χ1n) is 10.4. The zero-order valence-electron chi connectivity index (χ0n) is 17.2. The third-order valence-electron chi connectivity index (χ3n) is 5.25. The highest BCUT2D eigenvalue weighted by Crippen LogP contribution is 2.20. The van der Waals surface area contributed by atoms with Crippen LogP contribution >= 0.6 is 0 Å². The quantitative estimate of drug-likeness (QED) is 0.407. The van der Waals surface area contributed by atoms with Gasteiger partial charge in [-0.2, -0.15) is 0 Å². The van der Waals surface area contributed by atoms with Crippen LogP contribution in [0.3, 0.4) is 0 Å². The molecule has 1 atom stereocenters. The molecule has 4 nitrogen and oxygen atoms in total. The Bertz CT molecular complexity index is 1130. The Morgan fingerprint density at radius 2 is 1.48 bits per heavy atom. The lowest BCUT2D eigenvalue weighted by Crippen LogP contribution is -2.34. The van der Waals surface area contributed by atoms with E-state index in [1.165, 1.54) is 11.1 Å². The number of nitrogens with zero attached hydrogens (tertiary/aromatic N) is 1. The molecule has 0 aliphatic carbocycles. The van der Waals surface area contributed by atoms with Crippen LogP contribution in [0, 0.1) is 0 Å². The van der Waals surface area contributed by atoms with Crippen LogP contribution in [0.5, 0.6) is 0 Å². The van der Waals surface area contributed by atoms with Crippen molar-refractivity contribution in [1.82, 2.24) is 9.97 Å². The molecule has 0 aliphatic rings. The summed E-state index contributed by atoms with van der Waals surface area (Å²) in [4.78, 5) is 19.3. The van der Waals surface area contributed by atoms with E-state index in [-0.39, 0.29) is 5.78 Å². The van der Waals surface area contributed by atoms with E-state index in [4.69, 9.17) is 5.73 Å². The third-order valence-corrected chi connectivity index (χ3v) is 5.25. The molecule has 1 heterocycles. The molecule has 0 amide bonds. The molecule has 154 valence electrons. The summed E-state index contributed by atoms with van der Waals surface area (Å²) in [7, 11) is 0. The fourth-order valence-corrected chi connectivity index (χ4v) is 3.44. The molecule has 1 unspecified atom stereocenters. The molecule has 0 radical (unpaired) electrons. The minimum absolute atomic E-state index is 0.0244. The fourth-order valence-electron chi connectivity index (χ4n) is 3.44. The molecule has 3 N–H and O–H groups in total. The van der Waals surface area contributed by atoms with Crippen molar-refractivity contribution in [1.29, 1.82) is 0 Å². The van der Waals surface area contributed by atoms with Gasteiger partial charge in [-0.3, -0.25) is 4.79 Å². The van der Waals surface area contributed by atoms with Gasteiger partial charge < -0.3 is 10.7 Å². The van der Waals surface area contributed by atoms with Crippen molar-refractivity contribution in [3.05, 3.63) is 114 Å². The molecule has 1 aromatic heterocycles. The molecule has 3 aromatic carbocycles. The molecule has 0 aliphatic heterocycles. The lowest BCUT2D eigenvalue weighted by Gasteiger charge is -2.09. The summed E-state index contributed by atoms with van der Waals surface area (Å²) in [5, 5.41) is 0. The number of nitrogens with one attached hydrogen (secondary N) is 1. The number of aromatic nitrogens is 2. The second-order valence-corrected chi connectivity index (χ2v) is 7.59. The Hall–Kier alpha value is -3.76. The highest BCUT2D eigenvalue weighted by molar-refractivity contribution is 5.86.